The highest BCUT2D eigenvalue weighted by Crippen LogP contribution is 2.45. The molecule has 0 amide bonds. The predicted octanol–water partition coefficient (Wildman–Crippen LogP) is 5.78. The third kappa shape index (κ3) is 5.79. The van der Waals surface area contributed by atoms with E-state index in [1.54, 1.807) is 5.56 Å². The summed E-state index contributed by atoms with van der Waals surface area (Å²) < 4.78 is 0. The summed E-state index contributed by atoms with van der Waals surface area (Å²) in [4.78, 5) is 7.57. The lowest BCUT2D eigenvalue weighted by Crippen LogP contribution is -2.47. The Labute approximate surface area is 179 Å². The standard InChI is InChI=1S/C24H41N3.ClH/c1-6-7-14-26-15-17-27(18-16-26)23-9-8-21(25(4)5)19-22(23)20-10-12-24(2,3)13-11-20;/h8-9,19-20H,6-7,10-18H2,1-5H3;1H. The Morgan fingerprint density at radius 1 is 1.04 bits per heavy atom. The minimum absolute atomic E-state index is 0. The van der Waals surface area contributed by atoms with Gasteiger partial charge in [0, 0.05) is 51.6 Å². The number of halogens is 1. The molecule has 1 saturated heterocycles. The van der Waals surface area contributed by atoms with Crippen molar-refractivity contribution >= 4 is 23.8 Å². The van der Waals surface area contributed by atoms with Crippen LogP contribution in [-0.4, -0.2) is 51.7 Å². The first-order chi connectivity index (χ1) is 12.9. The molecule has 1 saturated carbocycles. The van der Waals surface area contributed by atoms with Crippen LogP contribution in [0.2, 0.25) is 0 Å². The lowest BCUT2D eigenvalue weighted by Gasteiger charge is -2.40. The Balaban J connectivity index is 0.00000280. The molecule has 2 aliphatic rings. The van der Waals surface area contributed by atoms with Gasteiger partial charge in [0.25, 0.3) is 0 Å². The minimum atomic E-state index is 0. The highest BCUT2D eigenvalue weighted by atomic mass is 35.5. The zero-order valence-electron chi connectivity index (χ0n) is 18.8. The molecule has 0 radical (unpaired) electrons. The van der Waals surface area contributed by atoms with Crippen molar-refractivity contribution < 1.29 is 0 Å². The summed E-state index contributed by atoms with van der Waals surface area (Å²) in [5.74, 6) is 0.728. The number of anilines is 2. The van der Waals surface area contributed by atoms with Crippen LogP contribution in [0.5, 0.6) is 0 Å². The van der Waals surface area contributed by atoms with Crippen molar-refractivity contribution in [1.29, 1.82) is 0 Å². The van der Waals surface area contributed by atoms with Crippen LogP contribution in [-0.2, 0) is 0 Å². The summed E-state index contributed by atoms with van der Waals surface area (Å²) in [6, 6.07) is 7.21. The molecule has 1 heterocycles. The number of rotatable bonds is 6. The van der Waals surface area contributed by atoms with E-state index >= 15 is 0 Å². The Morgan fingerprint density at radius 2 is 1.68 bits per heavy atom. The Hall–Kier alpha value is -0.930. The lowest BCUT2D eigenvalue weighted by atomic mass is 9.71. The Morgan fingerprint density at radius 3 is 2.25 bits per heavy atom. The van der Waals surface area contributed by atoms with Gasteiger partial charge in [-0.25, -0.2) is 0 Å². The van der Waals surface area contributed by atoms with Crippen LogP contribution in [0.15, 0.2) is 18.2 Å². The number of unbranched alkanes of at least 4 members (excludes halogenated alkanes) is 1. The molecule has 3 nitrogen and oxygen atoms in total. The number of hydrogen-bond acceptors (Lipinski definition) is 3. The number of benzene rings is 1. The van der Waals surface area contributed by atoms with E-state index in [1.165, 1.54) is 82.6 Å². The van der Waals surface area contributed by atoms with Gasteiger partial charge in [-0.15, -0.1) is 12.4 Å². The molecule has 160 valence electrons. The maximum Gasteiger partial charge on any atom is 0.0404 e. The first-order valence-corrected chi connectivity index (χ1v) is 11.2. The summed E-state index contributed by atoms with van der Waals surface area (Å²) >= 11 is 0. The summed E-state index contributed by atoms with van der Waals surface area (Å²) in [6.07, 6.45) is 8.03. The van der Waals surface area contributed by atoms with E-state index in [1.807, 2.05) is 0 Å². The van der Waals surface area contributed by atoms with Crippen LogP contribution < -0.4 is 9.80 Å². The van der Waals surface area contributed by atoms with E-state index in [0.717, 1.165) is 5.92 Å². The smallest absolute Gasteiger partial charge is 0.0404 e. The van der Waals surface area contributed by atoms with E-state index in [9.17, 15) is 0 Å². The molecule has 1 aromatic rings. The number of hydrogen-bond donors (Lipinski definition) is 0. The van der Waals surface area contributed by atoms with Crippen LogP contribution in [0.3, 0.4) is 0 Å². The van der Waals surface area contributed by atoms with E-state index in [0.29, 0.717) is 5.41 Å². The van der Waals surface area contributed by atoms with Crippen molar-refractivity contribution in [3.63, 3.8) is 0 Å². The van der Waals surface area contributed by atoms with Crippen molar-refractivity contribution in [2.75, 3.05) is 56.6 Å². The third-order valence-corrected chi connectivity index (χ3v) is 6.85. The summed E-state index contributed by atoms with van der Waals surface area (Å²) in [6.45, 7) is 13.2. The maximum absolute atomic E-state index is 2.66. The van der Waals surface area contributed by atoms with Gasteiger partial charge in [-0.05, 0) is 73.7 Å². The third-order valence-electron chi connectivity index (χ3n) is 6.85. The van der Waals surface area contributed by atoms with Gasteiger partial charge in [-0.1, -0.05) is 27.2 Å². The molecule has 2 fully saturated rings. The van der Waals surface area contributed by atoms with Gasteiger partial charge in [0.05, 0.1) is 0 Å². The molecule has 0 unspecified atom stereocenters. The van der Waals surface area contributed by atoms with Gasteiger partial charge >= 0.3 is 0 Å². The Kier molecular flexibility index (Phi) is 8.51. The van der Waals surface area contributed by atoms with E-state index in [4.69, 9.17) is 0 Å². The van der Waals surface area contributed by atoms with Gasteiger partial charge in [-0.2, -0.15) is 0 Å². The van der Waals surface area contributed by atoms with Crippen LogP contribution in [0.1, 0.15) is 70.8 Å². The largest absolute Gasteiger partial charge is 0.378 e. The van der Waals surface area contributed by atoms with Crippen molar-refractivity contribution in [3.05, 3.63) is 23.8 Å². The second-order valence-corrected chi connectivity index (χ2v) is 9.76. The average molecular weight is 408 g/mol. The monoisotopic (exact) mass is 407 g/mol. The van der Waals surface area contributed by atoms with Crippen molar-refractivity contribution in [2.24, 2.45) is 5.41 Å². The van der Waals surface area contributed by atoms with E-state index in [2.05, 4.69) is 67.8 Å². The first kappa shape index (κ1) is 23.3. The van der Waals surface area contributed by atoms with Crippen molar-refractivity contribution in [1.82, 2.24) is 4.90 Å². The molecule has 3 rings (SSSR count). The maximum atomic E-state index is 2.66. The summed E-state index contributed by atoms with van der Waals surface area (Å²) in [5, 5.41) is 0. The van der Waals surface area contributed by atoms with E-state index < -0.39 is 0 Å². The molecular weight excluding hydrogens is 366 g/mol. The number of piperazine rings is 1. The van der Waals surface area contributed by atoms with Gasteiger partial charge in [0.15, 0.2) is 0 Å². The average Bonchev–Trinajstić information content (AvgIpc) is 2.66. The predicted molar refractivity (Wildman–Crippen MR) is 127 cm³/mol. The van der Waals surface area contributed by atoms with Crippen LogP contribution in [0.4, 0.5) is 11.4 Å². The Bertz CT molecular complexity index is 596. The van der Waals surface area contributed by atoms with Crippen LogP contribution in [0, 0.1) is 5.41 Å². The first-order valence-electron chi connectivity index (χ1n) is 11.2. The molecule has 1 aromatic carbocycles. The molecule has 4 heteroatoms. The zero-order chi connectivity index (χ0) is 19.4. The van der Waals surface area contributed by atoms with Gasteiger partial charge in [-0.3, -0.25) is 4.90 Å². The zero-order valence-corrected chi connectivity index (χ0v) is 19.7. The molecule has 0 N–H and O–H groups in total. The quantitative estimate of drug-likeness (QED) is 0.591. The van der Waals surface area contributed by atoms with E-state index in [-0.39, 0.29) is 12.4 Å². The summed E-state index contributed by atoms with van der Waals surface area (Å²) in [7, 11) is 4.32. The fourth-order valence-corrected chi connectivity index (χ4v) is 4.74. The normalized spacial score (nSPS) is 20.7. The molecular formula is C24H42ClN3. The van der Waals surface area contributed by atoms with Gasteiger partial charge in [0.1, 0.15) is 0 Å². The SMILES string of the molecule is CCCCN1CCN(c2ccc(N(C)C)cc2C2CCC(C)(C)CC2)CC1.Cl. The molecule has 0 aromatic heterocycles. The van der Waals surface area contributed by atoms with Crippen LogP contribution in [0.25, 0.3) is 0 Å². The van der Waals surface area contributed by atoms with Gasteiger partial charge in [0.2, 0.25) is 0 Å². The highest BCUT2D eigenvalue weighted by Gasteiger charge is 2.30. The molecule has 0 bridgehead atoms. The molecule has 1 aliphatic heterocycles. The lowest BCUT2D eigenvalue weighted by molar-refractivity contribution is 0.224. The van der Waals surface area contributed by atoms with Gasteiger partial charge < -0.3 is 9.80 Å². The fourth-order valence-electron chi connectivity index (χ4n) is 4.74. The molecule has 0 spiro atoms. The second-order valence-electron chi connectivity index (χ2n) is 9.76. The second kappa shape index (κ2) is 10.2. The molecule has 1 aliphatic carbocycles. The van der Waals surface area contributed by atoms with Crippen molar-refractivity contribution in [2.45, 2.75) is 65.2 Å². The molecule has 28 heavy (non-hydrogen) atoms. The molecule has 0 atom stereocenters. The number of nitrogens with zero attached hydrogens (tertiary/aromatic N) is 3. The van der Waals surface area contributed by atoms with Crippen molar-refractivity contribution in [3.8, 4) is 0 Å². The summed E-state index contributed by atoms with van der Waals surface area (Å²) in [5.41, 5.74) is 5.00. The topological polar surface area (TPSA) is 9.72 Å². The van der Waals surface area contributed by atoms with Crippen LogP contribution >= 0.6 is 12.4 Å². The highest BCUT2D eigenvalue weighted by molar-refractivity contribution is 5.85. The fraction of sp³-hybridized carbons (Fsp3) is 0.750. The minimum Gasteiger partial charge on any atom is -0.378 e.